The molecule has 1 aromatic heterocycles. The maximum absolute atomic E-state index is 14.1. The predicted molar refractivity (Wildman–Crippen MR) is 149 cm³/mol. The van der Waals surface area contributed by atoms with E-state index in [1.807, 2.05) is 49.4 Å². The van der Waals surface area contributed by atoms with E-state index < -0.39 is 15.9 Å². The van der Waals surface area contributed by atoms with Gasteiger partial charge < -0.3 is 0 Å². The van der Waals surface area contributed by atoms with Crippen LogP contribution in [0, 0.1) is 12.8 Å². The Morgan fingerprint density at radius 1 is 1.05 bits per heavy atom. The third kappa shape index (κ3) is 5.32. The number of aromatic nitrogens is 1. The molecule has 5 rings (SSSR count). The molecule has 0 aliphatic carbocycles. The lowest BCUT2D eigenvalue weighted by Crippen LogP contribution is -2.46. The van der Waals surface area contributed by atoms with Crippen molar-refractivity contribution in [3.63, 3.8) is 0 Å². The Kier molecular flexibility index (Phi) is 7.42. The zero-order valence-corrected chi connectivity index (χ0v) is 22.8. The highest BCUT2D eigenvalue weighted by Crippen LogP contribution is 2.34. The zero-order chi connectivity index (χ0) is 26.0. The van der Waals surface area contributed by atoms with Gasteiger partial charge in [-0.05, 0) is 55.5 Å². The molecule has 3 aromatic carbocycles. The van der Waals surface area contributed by atoms with E-state index >= 15 is 0 Å². The standard InChI is InChI=1S/C29H31N3O3S2/c1-3-23-11-7-13-26-27(23)30-29(36-26)32(19-22-9-5-4-6-10-22)28(33)24-12-8-18-31(20-24)37(34,35)25-16-14-21(2)15-17-25/h4-7,9-11,13-17,24H,3,8,12,18-20H2,1-2H3. The minimum Gasteiger partial charge on any atom is -0.283 e. The Morgan fingerprint density at radius 3 is 2.54 bits per heavy atom. The van der Waals surface area contributed by atoms with Crippen LogP contribution in [0.15, 0.2) is 77.7 Å². The molecule has 1 unspecified atom stereocenters. The maximum atomic E-state index is 14.1. The van der Waals surface area contributed by atoms with Gasteiger partial charge in [0.15, 0.2) is 5.13 Å². The quantitative estimate of drug-likeness (QED) is 0.301. The summed E-state index contributed by atoms with van der Waals surface area (Å²) in [4.78, 5) is 21.0. The van der Waals surface area contributed by atoms with Crippen LogP contribution in [0.25, 0.3) is 10.2 Å². The van der Waals surface area contributed by atoms with Crippen LogP contribution in [0.3, 0.4) is 0 Å². The SMILES string of the molecule is CCc1cccc2sc(N(Cc3ccccc3)C(=O)C3CCCN(S(=O)(=O)c4ccc(C)cc4)C3)nc12. The third-order valence-electron chi connectivity index (χ3n) is 6.94. The highest BCUT2D eigenvalue weighted by Gasteiger charge is 2.36. The van der Waals surface area contributed by atoms with E-state index in [1.165, 1.54) is 15.6 Å². The number of thiazole rings is 1. The largest absolute Gasteiger partial charge is 0.283 e. The van der Waals surface area contributed by atoms with Crippen molar-refractivity contribution in [1.29, 1.82) is 0 Å². The van der Waals surface area contributed by atoms with Crippen molar-refractivity contribution in [2.45, 2.75) is 44.6 Å². The highest BCUT2D eigenvalue weighted by molar-refractivity contribution is 7.89. The Labute approximate surface area is 222 Å². The molecular weight excluding hydrogens is 502 g/mol. The Hall–Kier alpha value is -3.07. The minimum atomic E-state index is -3.67. The molecule has 0 N–H and O–H groups in total. The van der Waals surface area contributed by atoms with Gasteiger partial charge in [-0.1, -0.05) is 78.4 Å². The number of para-hydroxylation sites is 1. The number of nitrogens with zero attached hydrogens (tertiary/aromatic N) is 3. The maximum Gasteiger partial charge on any atom is 0.243 e. The number of hydrogen-bond donors (Lipinski definition) is 0. The van der Waals surface area contributed by atoms with Crippen molar-refractivity contribution < 1.29 is 13.2 Å². The van der Waals surface area contributed by atoms with Crippen LogP contribution >= 0.6 is 11.3 Å². The molecule has 4 aromatic rings. The van der Waals surface area contributed by atoms with Crippen LogP contribution in [0.4, 0.5) is 5.13 Å². The fraction of sp³-hybridized carbons (Fsp3) is 0.310. The summed E-state index contributed by atoms with van der Waals surface area (Å²) in [6, 6.07) is 22.9. The van der Waals surface area contributed by atoms with Crippen LogP contribution < -0.4 is 4.90 Å². The summed E-state index contributed by atoms with van der Waals surface area (Å²) >= 11 is 1.51. The highest BCUT2D eigenvalue weighted by atomic mass is 32.2. The van der Waals surface area contributed by atoms with Crippen molar-refractivity contribution in [2.75, 3.05) is 18.0 Å². The summed E-state index contributed by atoms with van der Waals surface area (Å²) in [5, 5.41) is 0.656. The number of rotatable bonds is 7. The molecule has 0 saturated carbocycles. The third-order valence-corrected chi connectivity index (χ3v) is 9.87. The molecule has 2 heterocycles. The molecule has 6 nitrogen and oxygen atoms in total. The van der Waals surface area contributed by atoms with Crippen molar-refractivity contribution in [1.82, 2.24) is 9.29 Å². The summed E-state index contributed by atoms with van der Waals surface area (Å²) in [5.41, 5.74) is 4.10. The van der Waals surface area contributed by atoms with Crippen LogP contribution in [-0.4, -0.2) is 36.7 Å². The second-order valence-electron chi connectivity index (χ2n) is 9.54. The van der Waals surface area contributed by atoms with Gasteiger partial charge in [0.05, 0.1) is 27.6 Å². The number of hydrogen-bond acceptors (Lipinski definition) is 5. The summed E-state index contributed by atoms with van der Waals surface area (Å²) in [6.45, 7) is 5.01. The summed E-state index contributed by atoms with van der Waals surface area (Å²) < 4.78 is 29.3. The van der Waals surface area contributed by atoms with Gasteiger partial charge in [-0.25, -0.2) is 13.4 Å². The number of benzene rings is 3. The molecule has 0 bridgehead atoms. The van der Waals surface area contributed by atoms with Crippen LogP contribution in [0.5, 0.6) is 0 Å². The normalized spacial score (nSPS) is 16.6. The molecule has 1 saturated heterocycles. The van der Waals surface area contributed by atoms with Gasteiger partial charge >= 0.3 is 0 Å². The average molecular weight is 534 g/mol. The number of piperidine rings is 1. The van der Waals surface area contributed by atoms with E-state index in [0.29, 0.717) is 31.1 Å². The molecule has 0 radical (unpaired) electrons. The van der Waals surface area contributed by atoms with Crippen molar-refractivity contribution in [3.05, 3.63) is 89.5 Å². The molecule has 1 fully saturated rings. The first-order valence-corrected chi connectivity index (χ1v) is 14.9. The fourth-order valence-corrected chi connectivity index (χ4v) is 7.38. The van der Waals surface area contributed by atoms with Gasteiger partial charge in [-0.2, -0.15) is 4.31 Å². The van der Waals surface area contributed by atoms with E-state index in [2.05, 4.69) is 13.0 Å². The van der Waals surface area contributed by atoms with Crippen LogP contribution in [0.1, 0.15) is 36.5 Å². The second-order valence-corrected chi connectivity index (χ2v) is 12.5. The molecular formula is C29H31N3O3S2. The Bertz CT molecular complexity index is 1500. The smallest absolute Gasteiger partial charge is 0.243 e. The molecule has 192 valence electrons. The molecule has 1 aliphatic rings. The molecule has 8 heteroatoms. The van der Waals surface area contributed by atoms with Gasteiger partial charge in [0.25, 0.3) is 0 Å². The number of sulfonamides is 1. The number of aryl methyl sites for hydroxylation is 2. The lowest BCUT2D eigenvalue weighted by Gasteiger charge is -2.33. The van der Waals surface area contributed by atoms with Crippen LogP contribution in [-0.2, 0) is 27.8 Å². The van der Waals surface area contributed by atoms with Gasteiger partial charge in [0.2, 0.25) is 15.9 Å². The monoisotopic (exact) mass is 533 g/mol. The van der Waals surface area contributed by atoms with Gasteiger partial charge in [0.1, 0.15) is 0 Å². The first-order valence-electron chi connectivity index (χ1n) is 12.7. The van der Waals surface area contributed by atoms with Crippen molar-refractivity contribution >= 4 is 42.6 Å². The Balaban J connectivity index is 1.46. The lowest BCUT2D eigenvalue weighted by atomic mass is 9.98. The van der Waals surface area contributed by atoms with Gasteiger partial charge in [-0.15, -0.1) is 0 Å². The van der Waals surface area contributed by atoms with Gasteiger partial charge in [0, 0.05) is 13.1 Å². The van der Waals surface area contributed by atoms with E-state index in [-0.39, 0.29) is 17.3 Å². The fourth-order valence-electron chi connectivity index (χ4n) is 4.84. The van der Waals surface area contributed by atoms with E-state index in [4.69, 9.17) is 4.98 Å². The molecule has 1 amide bonds. The Morgan fingerprint density at radius 2 is 1.81 bits per heavy atom. The van der Waals surface area contributed by atoms with Crippen LogP contribution in [0.2, 0.25) is 0 Å². The van der Waals surface area contributed by atoms with E-state index in [9.17, 15) is 13.2 Å². The second kappa shape index (κ2) is 10.7. The minimum absolute atomic E-state index is 0.0789. The predicted octanol–water partition coefficient (Wildman–Crippen LogP) is 5.80. The van der Waals surface area contributed by atoms with Gasteiger partial charge in [-0.3, -0.25) is 9.69 Å². The number of fused-ring (bicyclic) bond motifs is 1. The summed E-state index contributed by atoms with van der Waals surface area (Å²) in [6.07, 6.45) is 2.15. The van der Waals surface area contributed by atoms with Crippen molar-refractivity contribution in [2.24, 2.45) is 5.92 Å². The van der Waals surface area contributed by atoms with Crippen molar-refractivity contribution in [3.8, 4) is 0 Å². The number of amides is 1. The first kappa shape index (κ1) is 25.6. The topological polar surface area (TPSA) is 70.6 Å². The van der Waals surface area contributed by atoms with E-state index in [1.54, 1.807) is 29.2 Å². The number of carbonyl (C=O) groups is 1. The molecule has 37 heavy (non-hydrogen) atoms. The lowest BCUT2D eigenvalue weighted by molar-refractivity contribution is -0.123. The summed E-state index contributed by atoms with van der Waals surface area (Å²) in [5.74, 6) is -0.514. The first-order chi connectivity index (χ1) is 17.9. The van der Waals surface area contributed by atoms with E-state index in [0.717, 1.165) is 33.3 Å². The molecule has 1 atom stereocenters. The molecule has 1 aliphatic heterocycles. The zero-order valence-electron chi connectivity index (χ0n) is 21.1. The molecule has 0 spiro atoms. The summed E-state index contributed by atoms with van der Waals surface area (Å²) in [7, 11) is -3.67. The number of anilines is 1. The number of carbonyl (C=O) groups excluding carboxylic acids is 1. The average Bonchev–Trinajstić information content (AvgIpc) is 3.36.